The van der Waals surface area contributed by atoms with Crippen molar-refractivity contribution in [3.05, 3.63) is 140 Å². The normalized spacial score (nSPS) is 30.0. The summed E-state index contributed by atoms with van der Waals surface area (Å²) in [6, 6.07) is 18.2. The van der Waals surface area contributed by atoms with E-state index in [4.69, 9.17) is 8.53 Å². The molecule has 76 heavy (non-hydrogen) atoms. The fourth-order valence-electron chi connectivity index (χ4n) is 17.2. The first-order valence-electron chi connectivity index (χ1n) is 31.4. The monoisotopic (exact) mass is 1010 g/mol. The largest absolute Gasteiger partial charge is 0.468 e. The van der Waals surface area contributed by atoms with Gasteiger partial charge >= 0.3 is 0 Å². The van der Waals surface area contributed by atoms with Gasteiger partial charge in [-0.15, -0.1) is 0 Å². The minimum atomic E-state index is -2.19. The fraction of sp³-hybridized carbons (Fsp3) is 0.556. The van der Waals surface area contributed by atoms with Crippen LogP contribution < -0.4 is 20.9 Å². The van der Waals surface area contributed by atoms with Crippen LogP contribution in [0.4, 0.5) is 17.1 Å². The Morgan fingerprint density at radius 2 is 1.22 bits per heavy atom. The number of furan rings is 1. The average Bonchev–Trinajstić information content (AvgIpc) is 2.66. The Labute approximate surface area is 463 Å². The number of nitrogens with zero attached hydrogens (tertiary/aromatic N) is 2. The van der Waals surface area contributed by atoms with Crippen molar-refractivity contribution in [3.8, 4) is 0 Å². The maximum atomic E-state index is 8.41. The number of hydrogen-bond acceptors (Lipinski definition) is 3. The Balaban J connectivity index is 1.13. The number of benzene rings is 3. The fourth-order valence-corrected chi connectivity index (χ4v) is 17.2. The van der Waals surface area contributed by atoms with E-state index in [1.165, 1.54) is 92.7 Å². The second-order valence-corrected chi connectivity index (χ2v) is 31.5. The maximum Gasteiger partial charge on any atom is 0.296 e. The third kappa shape index (κ3) is 7.31. The van der Waals surface area contributed by atoms with E-state index in [0.717, 1.165) is 55.3 Å². The molecule has 4 unspecified atom stereocenters. The van der Waals surface area contributed by atoms with E-state index in [0.29, 0.717) is 23.3 Å². The standard InChI is InChI=1S/C72H91BN2O/c1-42-19-21-44(22-20-42)46-36-50-53(70(13,14)30-27-67(50,7)8)39-57(46)75-58-40-54-52(69(11,12)29-31-71(54,15)16)38-56(58)73-62-59(33-43(2)34-60(62)75)74(45-23-24-48-49(35-45)66(5,6)26-25-65(48,3)4)63-47-37-51-55(41-61(47)76-64(63)73)72(17,18)32-28-68(51,9)10/h19-24,33-34,36-39,41,45,50,53-54H,25-32,35,40H2,1-18H3/i1D3. The molecule has 0 saturated heterocycles. The van der Waals surface area contributed by atoms with Crippen LogP contribution in [0.5, 0.6) is 0 Å². The van der Waals surface area contributed by atoms with Gasteiger partial charge in [0.2, 0.25) is 0 Å². The quantitative estimate of drug-likeness (QED) is 0.191. The highest BCUT2D eigenvalue weighted by Gasteiger charge is 2.56. The molecular formula is C72H91BN2O. The van der Waals surface area contributed by atoms with E-state index in [1.807, 2.05) is 12.1 Å². The van der Waals surface area contributed by atoms with Gasteiger partial charge in [0, 0.05) is 37.8 Å². The number of aryl methyl sites for hydroxylation is 2. The van der Waals surface area contributed by atoms with Crippen LogP contribution in [0.3, 0.4) is 0 Å². The maximum absolute atomic E-state index is 8.41. The molecule has 3 heterocycles. The summed E-state index contributed by atoms with van der Waals surface area (Å²) in [7, 11) is 0. The van der Waals surface area contributed by atoms with Crippen molar-refractivity contribution >= 4 is 51.4 Å². The molecule has 4 atom stereocenters. The summed E-state index contributed by atoms with van der Waals surface area (Å²) in [6.45, 7) is 40.0. The summed E-state index contributed by atoms with van der Waals surface area (Å²) in [5, 5.41) is 1.25. The lowest BCUT2D eigenvalue weighted by Gasteiger charge is -2.55. The molecule has 9 aliphatic rings. The van der Waals surface area contributed by atoms with Crippen LogP contribution in [0.1, 0.15) is 207 Å². The highest BCUT2D eigenvalue weighted by Crippen LogP contribution is 2.63. The molecule has 2 fully saturated rings. The molecule has 4 aromatic rings. The van der Waals surface area contributed by atoms with Crippen LogP contribution in [0.2, 0.25) is 0 Å². The van der Waals surface area contributed by atoms with Gasteiger partial charge in [-0.05, 0) is 202 Å². The lowest BCUT2D eigenvalue weighted by atomic mass is 9.33. The Morgan fingerprint density at radius 1 is 0.618 bits per heavy atom. The van der Waals surface area contributed by atoms with E-state index in [9.17, 15) is 0 Å². The molecular weight excluding hydrogens is 920 g/mol. The second-order valence-electron chi connectivity index (χ2n) is 31.5. The van der Waals surface area contributed by atoms with Gasteiger partial charge in [-0.25, -0.2) is 0 Å². The van der Waals surface area contributed by atoms with Gasteiger partial charge in [0.05, 0.1) is 17.4 Å². The lowest BCUT2D eigenvalue weighted by molar-refractivity contribution is 0.0331. The van der Waals surface area contributed by atoms with Crippen molar-refractivity contribution in [2.75, 3.05) is 9.80 Å². The number of hydrogen-bond donors (Lipinski definition) is 0. The lowest BCUT2D eigenvalue weighted by Crippen LogP contribution is -2.59. The molecule has 3 aromatic carbocycles. The van der Waals surface area contributed by atoms with Gasteiger partial charge in [0.1, 0.15) is 5.58 Å². The first kappa shape index (κ1) is 47.3. The first-order chi connectivity index (χ1) is 36.6. The number of fused-ring (bicyclic) bond motifs is 8. The second kappa shape index (κ2) is 16.0. The van der Waals surface area contributed by atoms with Crippen LogP contribution in [-0.4, -0.2) is 12.8 Å². The molecule has 2 aliphatic heterocycles. The van der Waals surface area contributed by atoms with Gasteiger partial charge in [0.15, 0.2) is 0 Å². The molecule has 0 bridgehead atoms. The van der Waals surface area contributed by atoms with Crippen LogP contribution in [0.15, 0.2) is 117 Å². The molecule has 0 N–H and O–H groups in total. The van der Waals surface area contributed by atoms with Crippen molar-refractivity contribution in [2.24, 2.45) is 50.2 Å². The summed E-state index contributed by atoms with van der Waals surface area (Å²) >= 11 is 0. The third-order valence-electron chi connectivity index (χ3n) is 22.8. The Bertz CT molecular complexity index is 3500. The molecule has 3 nitrogen and oxygen atoms in total. The van der Waals surface area contributed by atoms with E-state index < -0.39 is 6.85 Å². The van der Waals surface area contributed by atoms with Gasteiger partial charge in [-0.2, -0.15) is 0 Å². The van der Waals surface area contributed by atoms with Gasteiger partial charge in [-0.1, -0.05) is 182 Å². The van der Waals surface area contributed by atoms with Gasteiger partial charge < -0.3 is 14.2 Å². The van der Waals surface area contributed by atoms with E-state index in [1.54, 1.807) is 16.7 Å². The summed E-state index contributed by atoms with van der Waals surface area (Å²) in [5.74, 6) is 0.974. The number of anilines is 3. The zero-order valence-corrected chi connectivity index (χ0v) is 49.8. The minimum absolute atomic E-state index is 0.0306. The summed E-state index contributed by atoms with van der Waals surface area (Å²) in [6.07, 6.45) is 24.5. The molecule has 0 radical (unpaired) electrons. The first-order valence-corrected chi connectivity index (χ1v) is 29.9. The van der Waals surface area contributed by atoms with Crippen molar-refractivity contribution in [3.63, 3.8) is 0 Å². The van der Waals surface area contributed by atoms with Crippen molar-refractivity contribution in [2.45, 2.75) is 206 Å². The number of allylic oxidation sites excluding steroid dienone is 9. The topological polar surface area (TPSA) is 19.6 Å². The molecule has 4 heteroatoms. The van der Waals surface area contributed by atoms with Crippen LogP contribution in [0.25, 0.3) is 16.5 Å². The predicted octanol–water partition coefficient (Wildman–Crippen LogP) is 18.4. The highest BCUT2D eigenvalue weighted by atomic mass is 16.3. The molecule has 13 rings (SSSR count). The zero-order valence-electron chi connectivity index (χ0n) is 52.8. The molecule has 1 aromatic heterocycles. The van der Waals surface area contributed by atoms with Crippen LogP contribution in [-0.2, 0) is 10.8 Å². The van der Waals surface area contributed by atoms with Gasteiger partial charge in [0.25, 0.3) is 6.71 Å². The third-order valence-corrected chi connectivity index (χ3v) is 22.8. The van der Waals surface area contributed by atoms with Crippen molar-refractivity contribution in [1.29, 1.82) is 0 Å². The molecule has 398 valence electrons. The van der Waals surface area contributed by atoms with E-state index in [2.05, 4.69) is 194 Å². The Kier molecular flexibility index (Phi) is 9.96. The van der Waals surface area contributed by atoms with E-state index in [-0.39, 0.29) is 56.1 Å². The van der Waals surface area contributed by atoms with Gasteiger partial charge in [-0.3, -0.25) is 0 Å². The Morgan fingerprint density at radius 3 is 1.91 bits per heavy atom. The zero-order chi connectivity index (χ0) is 56.5. The molecule has 0 amide bonds. The van der Waals surface area contributed by atoms with Crippen molar-refractivity contribution < 1.29 is 8.53 Å². The minimum Gasteiger partial charge on any atom is -0.468 e. The SMILES string of the molecule is [2H]C([2H])([2H])c1ccc(C2=CC3C(C=C2N2C4=C(C=C5C(C4)C(C)(C)CCC5(C)C)B4c5oc6cc7c(cc6c5N(C5C=CC6=C(C5)C(C)(C)CCC6(C)C)c5cc(C)cc2c54)C(C)(C)CCC7(C)C)C(C)(C)CCC3(C)C)cc1. The summed E-state index contributed by atoms with van der Waals surface area (Å²) < 4.78 is 33.1. The van der Waals surface area contributed by atoms with Crippen LogP contribution in [0, 0.1) is 64.0 Å². The van der Waals surface area contributed by atoms with Crippen LogP contribution >= 0.6 is 0 Å². The smallest absolute Gasteiger partial charge is 0.296 e. The Hall–Kier alpha value is -4.70. The summed E-state index contributed by atoms with van der Waals surface area (Å²) in [4.78, 5) is 5.59. The summed E-state index contributed by atoms with van der Waals surface area (Å²) in [5.41, 5.74) is 23.5. The van der Waals surface area contributed by atoms with Crippen molar-refractivity contribution in [1.82, 2.24) is 0 Å². The number of rotatable bonds is 3. The highest BCUT2D eigenvalue weighted by molar-refractivity contribution is 6.95. The molecule has 0 spiro atoms. The molecule has 2 saturated carbocycles. The molecule has 7 aliphatic carbocycles. The average molecular weight is 1010 g/mol. The predicted molar refractivity (Wildman–Crippen MR) is 325 cm³/mol. The van der Waals surface area contributed by atoms with E-state index >= 15 is 0 Å².